The molecule has 8 heteroatoms. The van der Waals surface area contributed by atoms with Gasteiger partial charge in [0.25, 0.3) is 0 Å². The zero-order valence-electron chi connectivity index (χ0n) is 15.3. The standard InChI is InChI=1S/C17H30N2O5.H3N/c1-5-8-23-12-14(20)10-17(4,19-16(22)18-7-3)11-15(21)13-24-9-6-2;/h5-7,14-15,20-21H,1-2,8-13H2,3-4H3,(H,19,22);1H3. The number of nitrogens with zero attached hydrogens (tertiary/aromatic N) is 1. The molecule has 2 amide bonds. The molecule has 0 saturated heterocycles. The number of carbonyl (C=O) groups excluding carboxylic acids is 1. The van der Waals surface area contributed by atoms with Crippen molar-refractivity contribution in [3.8, 4) is 0 Å². The Hall–Kier alpha value is -1.58. The average Bonchev–Trinajstić information content (AvgIpc) is 2.47. The molecule has 2 atom stereocenters. The van der Waals surface area contributed by atoms with Gasteiger partial charge in [0.05, 0.1) is 38.6 Å². The van der Waals surface area contributed by atoms with E-state index < -0.39 is 23.8 Å². The third-order valence-electron chi connectivity index (χ3n) is 3.12. The zero-order chi connectivity index (χ0) is 18.4. The SMILES string of the molecule is C=CCOCC(O)CC(C)(CC(O)COCC=C)NC(=O)N=CC.N. The van der Waals surface area contributed by atoms with Crippen LogP contribution in [-0.4, -0.2) is 66.6 Å². The van der Waals surface area contributed by atoms with E-state index in [1.54, 1.807) is 26.0 Å². The van der Waals surface area contributed by atoms with Crippen molar-refractivity contribution >= 4 is 12.2 Å². The number of aliphatic imine (C=N–C) groups is 1. The van der Waals surface area contributed by atoms with Crippen LogP contribution < -0.4 is 11.5 Å². The maximum atomic E-state index is 11.8. The molecule has 0 radical (unpaired) electrons. The summed E-state index contributed by atoms with van der Waals surface area (Å²) in [6.45, 7) is 11.3. The van der Waals surface area contributed by atoms with E-state index in [2.05, 4.69) is 23.5 Å². The molecule has 0 fully saturated rings. The van der Waals surface area contributed by atoms with Crippen molar-refractivity contribution in [1.29, 1.82) is 0 Å². The van der Waals surface area contributed by atoms with Gasteiger partial charge in [-0.25, -0.2) is 9.79 Å². The molecule has 0 aromatic carbocycles. The van der Waals surface area contributed by atoms with Crippen LogP contribution in [-0.2, 0) is 9.47 Å². The predicted octanol–water partition coefficient (Wildman–Crippen LogP) is 1.61. The van der Waals surface area contributed by atoms with Crippen LogP contribution in [0.3, 0.4) is 0 Å². The van der Waals surface area contributed by atoms with Gasteiger partial charge in [-0.1, -0.05) is 12.2 Å². The van der Waals surface area contributed by atoms with Crippen molar-refractivity contribution in [3.63, 3.8) is 0 Å². The van der Waals surface area contributed by atoms with Crippen LogP contribution in [0.25, 0.3) is 0 Å². The lowest BCUT2D eigenvalue weighted by molar-refractivity contribution is 0.00376. The number of urea groups is 1. The van der Waals surface area contributed by atoms with E-state index in [4.69, 9.17) is 9.47 Å². The van der Waals surface area contributed by atoms with Crippen molar-refractivity contribution in [2.75, 3.05) is 26.4 Å². The van der Waals surface area contributed by atoms with E-state index in [0.29, 0.717) is 13.2 Å². The first kappa shape index (κ1) is 25.7. The van der Waals surface area contributed by atoms with E-state index in [1.165, 1.54) is 6.21 Å². The number of rotatable bonds is 13. The number of aliphatic hydroxyl groups is 2. The fraction of sp³-hybridized carbons (Fsp3) is 0.647. The van der Waals surface area contributed by atoms with Gasteiger partial charge < -0.3 is 31.2 Å². The Bertz CT molecular complexity index is 393. The average molecular weight is 359 g/mol. The van der Waals surface area contributed by atoms with Crippen LogP contribution in [0.1, 0.15) is 26.7 Å². The van der Waals surface area contributed by atoms with Crippen molar-refractivity contribution < 1.29 is 24.5 Å². The lowest BCUT2D eigenvalue weighted by atomic mass is 9.88. The van der Waals surface area contributed by atoms with Gasteiger partial charge in [0.2, 0.25) is 0 Å². The second-order valence-corrected chi connectivity index (χ2v) is 5.75. The van der Waals surface area contributed by atoms with Gasteiger partial charge in [-0.05, 0) is 26.7 Å². The summed E-state index contributed by atoms with van der Waals surface area (Å²) >= 11 is 0. The fourth-order valence-corrected chi connectivity index (χ4v) is 2.33. The third-order valence-corrected chi connectivity index (χ3v) is 3.12. The summed E-state index contributed by atoms with van der Waals surface area (Å²) in [5.41, 5.74) is -0.864. The highest BCUT2D eigenvalue weighted by Gasteiger charge is 2.32. The molecule has 25 heavy (non-hydrogen) atoms. The molecule has 0 aromatic rings. The van der Waals surface area contributed by atoms with Crippen molar-refractivity contribution in [3.05, 3.63) is 25.3 Å². The van der Waals surface area contributed by atoms with Gasteiger partial charge in [-0.2, -0.15) is 0 Å². The minimum absolute atomic E-state index is 0. The third kappa shape index (κ3) is 13.4. The zero-order valence-corrected chi connectivity index (χ0v) is 15.3. The molecule has 0 rings (SSSR count). The summed E-state index contributed by atoms with van der Waals surface area (Å²) in [6, 6.07) is -0.529. The minimum atomic E-state index is -0.864. The van der Waals surface area contributed by atoms with E-state index >= 15 is 0 Å². The van der Waals surface area contributed by atoms with Gasteiger partial charge in [-0.3, -0.25) is 0 Å². The van der Waals surface area contributed by atoms with Crippen molar-refractivity contribution in [2.24, 2.45) is 4.99 Å². The molecule has 0 bridgehead atoms. The number of carbonyl (C=O) groups is 1. The van der Waals surface area contributed by atoms with Gasteiger partial charge >= 0.3 is 6.03 Å². The van der Waals surface area contributed by atoms with Crippen LogP contribution >= 0.6 is 0 Å². The van der Waals surface area contributed by atoms with Crippen molar-refractivity contribution in [1.82, 2.24) is 11.5 Å². The number of hydrogen-bond acceptors (Lipinski definition) is 6. The Morgan fingerprint density at radius 1 is 1.16 bits per heavy atom. The number of amides is 2. The highest BCUT2D eigenvalue weighted by molar-refractivity contribution is 5.83. The first-order valence-corrected chi connectivity index (χ1v) is 7.91. The van der Waals surface area contributed by atoms with Crippen LogP contribution in [0, 0.1) is 0 Å². The molecule has 0 aliphatic heterocycles. The maximum Gasteiger partial charge on any atom is 0.340 e. The summed E-state index contributed by atoms with van der Waals surface area (Å²) in [6.07, 6.45) is 3.35. The lowest BCUT2D eigenvalue weighted by Gasteiger charge is -2.33. The van der Waals surface area contributed by atoms with Gasteiger partial charge in [0, 0.05) is 11.8 Å². The van der Waals surface area contributed by atoms with Crippen LogP contribution in [0.5, 0.6) is 0 Å². The first-order chi connectivity index (χ1) is 11.4. The second kappa shape index (κ2) is 14.7. The van der Waals surface area contributed by atoms with E-state index in [9.17, 15) is 15.0 Å². The summed E-state index contributed by atoms with van der Waals surface area (Å²) in [7, 11) is 0. The normalized spacial score (nSPS) is 15.7. The minimum Gasteiger partial charge on any atom is -0.391 e. The summed E-state index contributed by atoms with van der Waals surface area (Å²) in [5.74, 6) is 0. The molecule has 0 saturated carbocycles. The summed E-state index contributed by atoms with van der Waals surface area (Å²) < 4.78 is 10.4. The Balaban J connectivity index is 0. The smallest absolute Gasteiger partial charge is 0.340 e. The Kier molecular flexibility index (Phi) is 15.1. The number of aliphatic hydroxyl groups excluding tert-OH is 2. The highest BCUT2D eigenvalue weighted by Crippen LogP contribution is 2.20. The Labute approximate surface area is 150 Å². The topological polar surface area (TPSA) is 135 Å². The fourth-order valence-electron chi connectivity index (χ4n) is 2.33. The number of ether oxygens (including phenoxy) is 2. The molecule has 6 N–H and O–H groups in total. The maximum absolute atomic E-state index is 11.8. The van der Waals surface area contributed by atoms with E-state index in [1.807, 2.05) is 0 Å². The first-order valence-electron chi connectivity index (χ1n) is 7.91. The predicted molar refractivity (Wildman–Crippen MR) is 99.4 cm³/mol. The molecule has 0 spiro atoms. The highest BCUT2D eigenvalue weighted by atomic mass is 16.5. The molecule has 0 aliphatic carbocycles. The molecule has 146 valence electrons. The largest absolute Gasteiger partial charge is 0.391 e. The van der Waals surface area contributed by atoms with Crippen molar-refractivity contribution in [2.45, 2.75) is 44.4 Å². The van der Waals surface area contributed by atoms with Crippen LogP contribution in [0.15, 0.2) is 30.3 Å². The Morgan fingerprint density at radius 2 is 1.60 bits per heavy atom. The molecule has 2 unspecified atom stereocenters. The molecule has 0 aromatic heterocycles. The van der Waals surface area contributed by atoms with Crippen LogP contribution in [0.2, 0.25) is 0 Å². The van der Waals surface area contributed by atoms with E-state index in [-0.39, 0.29) is 32.2 Å². The molecule has 0 heterocycles. The molecule has 0 aliphatic rings. The number of hydrogen-bond donors (Lipinski definition) is 4. The van der Waals surface area contributed by atoms with Gasteiger partial charge in [0.1, 0.15) is 0 Å². The molecular weight excluding hydrogens is 326 g/mol. The quantitative estimate of drug-likeness (QED) is 0.224. The summed E-state index contributed by atoms with van der Waals surface area (Å²) in [5, 5.41) is 22.9. The lowest BCUT2D eigenvalue weighted by Crippen LogP contribution is -2.50. The number of nitrogens with one attached hydrogen (secondary N) is 1. The van der Waals surface area contributed by atoms with Gasteiger partial charge in [-0.15, -0.1) is 13.2 Å². The monoisotopic (exact) mass is 359 g/mol. The van der Waals surface area contributed by atoms with E-state index in [0.717, 1.165) is 0 Å². The molecular formula is C17H33N3O5. The summed E-state index contributed by atoms with van der Waals surface area (Å²) in [4.78, 5) is 15.4. The van der Waals surface area contributed by atoms with Crippen LogP contribution in [0.4, 0.5) is 4.79 Å². The molecule has 8 nitrogen and oxygen atoms in total. The second-order valence-electron chi connectivity index (χ2n) is 5.75. The van der Waals surface area contributed by atoms with Gasteiger partial charge in [0.15, 0.2) is 0 Å². The Morgan fingerprint density at radius 3 is 1.96 bits per heavy atom.